The van der Waals surface area contributed by atoms with Crippen LogP contribution < -0.4 is 10.1 Å². The molecule has 0 spiro atoms. The fourth-order valence-corrected chi connectivity index (χ4v) is 5.78. The summed E-state index contributed by atoms with van der Waals surface area (Å²) < 4.78 is 13.0. The average molecular weight is 483 g/mol. The van der Waals surface area contributed by atoms with Crippen LogP contribution in [-0.4, -0.2) is 29.7 Å². The van der Waals surface area contributed by atoms with E-state index < -0.39 is 5.97 Å². The lowest BCUT2D eigenvalue weighted by Crippen LogP contribution is -2.19. The predicted molar refractivity (Wildman–Crippen MR) is 135 cm³/mol. The van der Waals surface area contributed by atoms with Gasteiger partial charge in [0.25, 0.3) is 5.91 Å². The topological polar surface area (TPSA) is 69.6 Å². The zero-order valence-electron chi connectivity index (χ0n) is 19.1. The molecule has 4 rings (SSSR count). The number of nitrogens with zero attached hydrogens (tertiary/aromatic N) is 1. The molecule has 0 bridgehead atoms. The highest BCUT2D eigenvalue weighted by atomic mass is 32.1. The lowest BCUT2D eigenvalue weighted by molar-refractivity contribution is 0.0529. The minimum Gasteiger partial charge on any atom is -0.494 e. The van der Waals surface area contributed by atoms with Crippen LogP contribution in [0.5, 0.6) is 5.75 Å². The number of amides is 1. The van der Waals surface area contributed by atoms with E-state index in [2.05, 4.69) is 5.32 Å². The number of hydrogen-bond donors (Lipinski definition) is 1. The Balaban J connectivity index is 1.76. The molecule has 6 nitrogen and oxygen atoms in total. The van der Waals surface area contributed by atoms with Gasteiger partial charge in [0.1, 0.15) is 22.0 Å². The molecule has 172 valence electrons. The highest BCUT2D eigenvalue weighted by Crippen LogP contribution is 2.39. The molecule has 33 heavy (non-hydrogen) atoms. The van der Waals surface area contributed by atoms with Crippen LogP contribution in [0.25, 0.3) is 21.3 Å². The van der Waals surface area contributed by atoms with Gasteiger partial charge in [0.15, 0.2) is 0 Å². The van der Waals surface area contributed by atoms with E-state index in [1.807, 2.05) is 66.4 Å². The summed E-state index contributed by atoms with van der Waals surface area (Å²) >= 11 is 2.87. The number of nitrogens with one attached hydrogen (secondary N) is 1. The fourth-order valence-electron chi connectivity index (χ4n) is 4.01. The molecule has 0 fully saturated rings. The third-order valence-electron chi connectivity index (χ3n) is 5.41. The number of carbonyl (C=O) groups is 2. The summed E-state index contributed by atoms with van der Waals surface area (Å²) in [6.45, 7) is 9.14. The third-order valence-corrected chi connectivity index (χ3v) is 7.21. The van der Waals surface area contributed by atoms with Gasteiger partial charge in [-0.15, -0.1) is 22.7 Å². The molecule has 0 unspecified atom stereocenters. The van der Waals surface area contributed by atoms with Crippen molar-refractivity contribution in [2.75, 3.05) is 18.5 Å². The van der Waals surface area contributed by atoms with Crippen LogP contribution in [0, 0.1) is 6.92 Å². The van der Waals surface area contributed by atoms with E-state index in [4.69, 9.17) is 9.47 Å². The van der Waals surface area contributed by atoms with E-state index in [9.17, 15) is 9.59 Å². The summed E-state index contributed by atoms with van der Waals surface area (Å²) in [5, 5.41) is 8.31. The molecule has 3 aromatic heterocycles. The van der Waals surface area contributed by atoms with E-state index in [1.54, 1.807) is 18.3 Å². The minimum absolute atomic E-state index is 0.256. The molecule has 0 aliphatic carbocycles. The van der Waals surface area contributed by atoms with Crippen molar-refractivity contribution in [1.82, 2.24) is 4.57 Å². The summed E-state index contributed by atoms with van der Waals surface area (Å²) in [5.41, 5.74) is 3.59. The maximum Gasteiger partial charge on any atom is 0.341 e. The van der Waals surface area contributed by atoms with Crippen LogP contribution in [-0.2, 0) is 11.3 Å². The van der Waals surface area contributed by atoms with Crippen LogP contribution in [0.4, 0.5) is 5.00 Å². The maximum atomic E-state index is 13.5. The molecule has 0 radical (unpaired) electrons. The highest BCUT2D eigenvalue weighted by molar-refractivity contribution is 7.17. The fraction of sp³-hybridized carbons (Fsp3) is 0.280. The van der Waals surface area contributed by atoms with Crippen LogP contribution in [0.1, 0.15) is 47.2 Å². The normalized spacial score (nSPS) is 11.0. The summed E-state index contributed by atoms with van der Waals surface area (Å²) in [7, 11) is 0. The zero-order valence-corrected chi connectivity index (χ0v) is 20.7. The SMILES string of the molecule is CCOC(=O)c1c(-c2cccs2)csc1NC(=O)c1c(C)c2cc(OCC)ccc2n1CC. The van der Waals surface area contributed by atoms with Crippen molar-refractivity contribution >= 4 is 50.5 Å². The Kier molecular flexibility index (Phi) is 6.85. The molecule has 1 amide bonds. The number of ether oxygens (including phenoxy) is 2. The number of fused-ring (bicyclic) bond motifs is 1. The Morgan fingerprint density at radius 3 is 2.58 bits per heavy atom. The molecule has 0 saturated heterocycles. The van der Waals surface area contributed by atoms with Gasteiger partial charge in [-0.1, -0.05) is 6.07 Å². The van der Waals surface area contributed by atoms with Crippen molar-refractivity contribution in [3.8, 4) is 16.2 Å². The molecule has 8 heteroatoms. The van der Waals surface area contributed by atoms with Gasteiger partial charge in [-0.2, -0.15) is 0 Å². The van der Waals surface area contributed by atoms with E-state index in [-0.39, 0.29) is 12.5 Å². The van der Waals surface area contributed by atoms with E-state index in [1.165, 1.54) is 11.3 Å². The Morgan fingerprint density at radius 1 is 1.09 bits per heavy atom. The van der Waals surface area contributed by atoms with Gasteiger partial charge in [0, 0.05) is 33.3 Å². The lowest BCUT2D eigenvalue weighted by Gasteiger charge is -2.11. The molecule has 1 aromatic carbocycles. The predicted octanol–water partition coefficient (Wildman–Crippen LogP) is 6.59. The minimum atomic E-state index is -0.438. The van der Waals surface area contributed by atoms with Crippen molar-refractivity contribution in [1.29, 1.82) is 0 Å². The van der Waals surface area contributed by atoms with Crippen molar-refractivity contribution in [3.63, 3.8) is 0 Å². The lowest BCUT2D eigenvalue weighted by atomic mass is 10.1. The number of thiophene rings is 2. The summed E-state index contributed by atoms with van der Waals surface area (Å²) in [4.78, 5) is 27.3. The Labute approximate surface area is 200 Å². The molecule has 0 aliphatic rings. The van der Waals surface area contributed by atoms with Gasteiger partial charge in [0.2, 0.25) is 0 Å². The van der Waals surface area contributed by atoms with Crippen molar-refractivity contribution in [2.45, 2.75) is 34.2 Å². The van der Waals surface area contributed by atoms with Gasteiger partial charge >= 0.3 is 5.97 Å². The van der Waals surface area contributed by atoms with Gasteiger partial charge in [-0.05, 0) is 62.9 Å². The van der Waals surface area contributed by atoms with Crippen LogP contribution in [0.2, 0.25) is 0 Å². The second-order valence-electron chi connectivity index (χ2n) is 7.34. The summed E-state index contributed by atoms with van der Waals surface area (Å²) in [6.07, 6.45) is 0. The average Bonchev–Trinajstić information content (AvgIpc) is 3.52. The number of carbonyl (C=O) groups excluding carboxylic acids is 2. The molecule has 0 saturated carbocycles. The highest BCUT2D eigenvalue weighted by Gasteiger charge is 2.26. The van der Waals surface area contributed by atoms with E-state index in [0.717, 1.165) is 32.7 Å². The van der Waals surface area contributed by atoms with E-state index in [0.29, 0.717) is 29.4 Å². The number of anilines is 1. The quantitative estimate of drug-likeness (QED) is 0.288. The Hall–Kier alpha value is -3.10. The second kappa shape index (κ2) is 9.80. The standard InChI is InChI=1S/C25H26N2O4S2/c1-5-27-19-11-10-16(30-6-2)13-17(19)15(4)22(27)23(28)26-24-21(25(29)31-7-3)18(14-33-24)20-9-8-12-32-20/h8-14H,5-7H2,1-4H3,(H,26,28). The number of benzene rings is 1. The summed E-state index contributed by atoms with van der Waals surface area (Å²) in [6, 6.07) is 9.77. The Bertz CT molecular complexity index is 1300. The largest absolute Gasteiger partial charge is 0.494 e. The number of aryl methyl sites for hydroxylation is 2. The molecule has 1 N–H and O–H groups in total. The molecule has 0 atom stereocenters. The van der Waals surface area contributed by atoms with Gasteiger partial charge in [0.05, 0.1) is 13.2 Å². The first-order valence-electron chi connectivity index (χ1n) is 10.9. The van der Waals surface area contributed by atoms with E-state index >= 15 is 0 Å². The number of esters is 1. The number of aromatic nitrogens is 1. The van der Waals surface area contributed by atoms with Gasteiger partial charge in [-0.25, -0.2) is 4.79 Å². The number of rotatable bonds is 8. The van der Waals surface area contributed by atoms with Crippen molar-refractivity contribution < 1.29 is 19.1 Å². The first-order chi connectivity index (χ1) is 16.0. The molecule has 4 aromatic rings. The molecular weight excluding hydrogens is 456 g/mol. The smallest absolute Gasteiger partial charge is 0.341 e. The third kappa shape index (κ3) is 4.28. The first kappa shape index (κ1) is 23.1. The monoisotopic (exact) mass is 482 g/mol. The zero-order chi connectivity index (χ0) is 23.5. The van der Waals surface area contributed by atoms with Crippen molar-refractivity contribution in [3.05, 3.63) is 57.9 Å². The number of hydrogen-bond acceptors (Lipinski definition) is 6. The molecule has 3 heterocycles. The van der Waals surface area contributed by atoms with Gasteiger partial charge < -0.3 is 19.4 Å². The summed E-state index contributed by atoms with van der Waals surface area (Å²) in [5.74, 6) is 0.0805. The first-order valence-corrected chi connectivity index (χ1v) is 12.6. The Morgan fingerprint density at radius 2 is 1.91 bits per heavy atom. The molecule has 0 aliphatic heterocycles. The molecular formula is C25H26N2O4S2. The van der Waals surface area contributed by atoms with Crippen LogP contribution >= 0.6 is 22.7 Å². The van der Waals surface area contributed by atoms with Crippen LogP contribution in [0.3, 0.4) is 0 Å². The van der Waals surface area contributed by atoms with Gasteiger partial charge in [-0.3, -0.25) is 4.79 Å². The second-order valence-corrected chi connectivity index (χ2v) is 9.16. The van der Waals surface area contributed by atoms with Crippen molar-refractivity contribution in [2.24, 2.45) is 0 Å². The maximum absolute atomic E-state index is 13.5. The van der Waals surface area contributed by atoms with Crippen LogP contribution in [0.15, 0.2) is 41.1 Å².